The molecule has 0 aromatic carbocycles. The quantitative estimate of drug-likeness (QED) is 0.696. The van der Waals surface area contributed by atoms with Crippen molar-refractivity contribution in [2.45, 2.75) is 11.9 Å². The summed E-state index contributed by atoms with van der Waals surface area (Å²) >= 11 is 1.57. The van der Waals surface area contributed by atoms with Crippen LogP contribution < -0.4 is 0 Å². The van der Waals surface area contributed by atoms with Crippen LogP contribution in [0.5, 0.6) is 0 Å². The lowest BCUT2D eigenvalue weighted by molar-refractivity contribution is 0.322. The van der Waals surface area contributed by atoms with E-state index in [0.717, 1.165) is 10.8 Å². The minimum atomic E-state index is 0.209. The Morgan fingerprint density at radius 2 is 2.45 bits per heavy atom. The van der Waals surface area contributed by atoms with Crippen molar-refractivity contribution in [3.05, 3.63) is 23.9 Å². The standard InChI is InChI=1S/C8H11NOS/c1-7-2-3-9-8(6-7)11-5-4-10/h2-3,6,10H,4-5H2,1H3. The Balaban J connectivity index is 2.56. The van der Waals surface area contributed by atoms with Crippen LogP contribution >= 0.6 is 11.8 Å². The Bertz CT molecular complexity index is 227. The number of rotatable bonds is 3. The lowest BCUT2D eigenvalue weighted by atomic mass is 10.3. The van der Waals surface area contributed by atoms with Crippen LogP contribution in [0.1, 0.15) is 5.56 Å². The van der Waals surface area contributed by atoms with E-state index in [0.29, 0.717) is 0 Å². The summed E-state index contributed by atoms with van der Waals surface area (Å²) in [7, 11) is 0. The van der Waals surface area contributed by atoms with E-state index in [-0.39, 0.29) is 6.61 Å². The summed E-state index contributed by atoms with van der Waals surface area (Å²) in [5.41, 5.74) is 1.21. The largest absolute Gasteiger partial charge is 0.396 e. The Morgan fingerprint density at radius 3 is 3.09 bits per heavy atom. The fraction of sp³-hybridized carbons (Fsp3) is 0.375. The topological polar surface area (TPSA) is 33.1 Å². The maximum atomic E-state index is 8.55. The van der Waals surface area contributed by atoms with Gasteiger partial charge in [0.25, 0.3) is 0 Å². The number of aryl methyl sites for hydroxylation is 1. The predicted molar refractivity (Wildman–Crippen MR) is 46.8 cm³/mol. The highest BCUT2D eigenvalue weighted by Crippen LogP contribution is 2.14. The van der Waals surface area contributed by atoms with Gasteiger partial charge in [0.05, 0.1) is 11.6 Å². The molecule has 0 radical (unpaired) electrons. The summed E-state index contributed by atoms with van der Waals surface area (Å²) in [6, 6.07) is 3.98. The second kappa shape index (κ2) is 4.36. The Morgan fingerprint density at radius 1 is 1.64 bits per heavy atom. The van der Waals surface area contributed by atoms with Crippen molar-refractivity contribution in [1.29, 1.82) is 0 Å². The molecule has 0 aliphatic heterocycles. The van der Waals surface area contributed by atoms with Crippen LogP contribution in [0.4, 0.5) is 0 Å². The van der Waals surface area contributed by atoms with Crippen LogP contribution in [-0.4, -0.2) is 22.5 Å². The number of thioether (sulfide) groups is 1. The molecule has 0 bridgehead atoms. The fourth-order valence-electron chi connectivity index (χ4n) is 0.738. The second-order valence-electron chi connectivity index (χ2n) is 2.24. The number of hydrogen-bond acceptors (Lipinski definition) is 3. The molecule has 0 aliphatic rings. The van der Waals surface area contributed by atoms with Gasteiger partial charge in [-0.1, -0.05) is 0 Å². The highest BCUT2D eigenvalue weighted by atomic mass is 32.2. The van der Waals surface area contributed by atoms with Crippen LogP contribution in [0.15, 0.2) is 23.4 Å². The highest BCUT2D eigenvalue weighted by molar-refractivity contribution is 7.99. The second-order valence-corrected chi connectivity index (χ2v) is 3.36. The van der Waals surface area contributed by atoms with Gasteiger partial charge in [0.2, 0.25) is 0 Å². The number of pyridine rings is 1. The number of nitrogens with zero attached hydrogens (tertiary/aromatic N) is 1. The molecule has 60 valence electrons. The third-order valence-corrected chi connectivity index (χ3v) is 2.14. The average molecular weight is 169 g/mol. The average Bonchev–Trinajstić information content (AvgIpc) is 2.01. The zero-order valence-electron chi connectivity index (χ0n) is 6.45. The SMILES string of the molecule is Cc1ccnc(SCCO)c1. The Hall–Kier alpha value is -0.540. The molecule has 0 unspecified atom stereocenters. The Kier molecular flexibility index (Phi) is 3.39. The van der Waals surface area contributed by atoms with Crippen LogP contribution in [0.25, 0.3) is 0 Å². The summed E-state index contributed by atoms with van der Waals surface area (Å²) in [5, 5.41) is 9.53. The molecule has 0 saturated heterocycles. The lowest BCUT2D eigenvalue weighted by Gasteiger charge is -1.98. The van der Waals surface area contributed by atoms with Gasteiger partial charge in [-0.2, -0.15) is 0 Å². The van der Waals surface area contributed by atoms with Gasteiger partial charge in [-0.3, -0.25) is 0 Å². The zero-order chi connectivity index (χ0) is 8.10. The molecule has 3 heteroatoms. The van der Waals surface area contributed by atoms with Crippen molar-refractivity contribution in [3.63, 3.8) is 0 Å². The summed E-state index contributed by atoms with van der Waals surface area (Å²) in [5.74, 6) is 0.719. The number of hydrogen-bond donors (Lipinski definition) is 1. The molecule has 0 atom stereocenters. The summed E-state index contributed by atoms with van der Waals surface area (Å²) in [6.45, 7) is 2.24. The summed E-state index contributed by atoms with van der Waals surface area (Å²) in [6.07, 6.45) is 1.79. The molecule has 1 rings (SSSR count). The van der Waals surface area contributed by atoms with Crippen LogP contribution in [0.3, 0.4) is 0 Å². The van der Waals surface area contributed by atoms with E-state index in [2.05, 4.69) is 4.98 Å². The van der Waals surface area contributed by atoms with Gasteiger partial charge in [0, 0.05) is 11.9 Å². The van der Waals surface area contributed by atoms with E-state index in [1.165, 1.54) is 5.56 Å². The van der Waals surface area contributed by atoms with Crippen LogP contribution in [-0.2, 0) is 0 Å². The molecule has 0 saturated carbocycles. The van der Waals surface area contributed by atoms with E-state index in [9.17, 15) is 0 Å². The van der Waals surface area contributed by atoms with Crippen molar-refractivity contribution in [2.24, 2.45) is 0 Å². The van der Waals surface area contributed by atoms with Gasteiger partial charge < -0.3 is 5.11 Å². The number of aliphatic hydroxyl groups is 1. The Labute approximate surface area is 70.7 Å². The minimum absolute atomic E-state index is 0.209. The van der Waals surface area contributed by atoms with Crippen LogP contribution in [0.2, 0.25) is 0 Å². The highest BCUT2D eigenvalue weighted by Gasteiger charge is 1.93. The van der Waals surface area contributed by atoms with Crippen LogP contribution in [0, 0.1) is 6.92 Å². The first-order valence-electron chi connectivity index (χ1n) is 3.49. The third kappa shape index (κ3) is 2.91. The van der Waals surface area contributed by atoms with E-state index in [4.69, 9.17) is 5.11 Å². The smallest absolute Gasteiger partial charge is 0.0963 e. The van der Waals surface area contributed by atoms with Gasteiger partial charge >= 0.3 is 0 Å². The van der Waals surface area contributed by atoms with Gasteiger partial charge in [0.15, 0.2) is 0 Å². The van der Waals surface area contributed by atoms with E-state index < -0.39 is 0 Å². The van der Waals surface area contributed by atoms with Crippen molar-refractivity contribution in [2.75, 3.05) is 12.4 Å². The summed E-state index contributed by atoms with van der Waals surface area (Å²) in [4.78, 5) is 4.13. The maximum Gasteiger partial charge on any atom is 0.0963 e. The molecule has 0 aliphatic carbocycles. The first-order chi connectivity index (χ1) is 5.33. The monoisotopic (exact) mass is 169 g/mol. The molecular formula is C8H11NOS. The molecule has 0 fully saturated rings. The molecule has 1 heterocycles. The molecule has 0 spiro atoms. The molecule has 1 aromatic heterocycles. The van der Waals surface area contributed by atoms with E-state index >= 15 is 0 Å². The van der Waals surface area contributed by atoms with E-state index in [1.54, 1.807) is 18.0 Å². The summed E-state index contributed by atoms with van der Waals surface area (Å²) < 4.78 is 0. The predicted octanol–water partition coefficient (Wildman–Crippen LogP) is 1.47. The third-order valence-electron chi connectivity index (χ3n) is 1.23. The first-order valence-corrected chi connectivity index (χ1v) is 4.48. The first kappa shape index (κ1) is 8.56. The van der Waals surface area contributed by atoms with Crippen molar-refractivity contribution >= 4 is 11.8 Å². The number of aromatic nitrogens is 1. The fourth-order valence-corrected chi connectivity index (χ4v) is 1.44. The van der Waals surface area contributed by atoms with Crippen molar-refractivity contribution in [1.82, 2.24) is 4.98 Å². The van der Waals surface area contributed by atoms with Crippen molar-refractivity contribution < 1.29 is 5.11 Å². The molecular weight excluding hydrogens is 158 g/mol. The molecule has 1 N–H and O–H groups in total. The van der Waals surface area contributed by atoms with Gasteiger partial charge in [-0.15, -0.1) is 11.8 Å². The zero-order valence-corrected chi connectivity index (χ0v) is 7.27. The lowest BCUT2D eigenvalue weighted by Crippen LogP contribution is -1.87. The molecule has 11 heavy (non-hydrogen) atoms. The molecule has 2 nitrogen and oxygen atoms in total. The van der Waals surface area contributed by atoms with Gasteiger partial charge in [-0.05, 0) is 24.6 Å². The molecule has 0 amide bonds. The minimum Gasteiger partial charge on any atom is -0.396 e. The van der Waals surface area contributed by atoms with Gasteiger partial charge in [-0.25, -0.2) is 4.98 Å². The van der Waals surface area contributed by atoms with Crippen molar-refractivity contribution in [3.8, 4) is 0 Å². The van der Waals surface area contributed by atoms with E-state index in [1.807, 2.05) is 19.1 Å². The molecule has 1 aromatic rings. The maximum absolute atomic E-state index is 8.55. The normalized spacial score (nSPS) is 10.0. The van der Waals surface area contributed by atoms with Gasteiger partial charge in [0.1, 0.15) is 0 Å². The number of aliphatic hydroxyl groups excluding tert-OH is 1.